The van der Waals surface area contributed by atoms with E-state index in [1.165, 1.54) is 17.0 Å². The van der Waals surface area contributed by atoms with Crippen molar-refractivity contribution in [3.63, 3.8) is 0 Å². The lowest BCUT2D eigenvalue weighted by atomic mass is 10.1. The third-order valence-corrected chi connectivity index (χ3v) is 4.52. The summed E-state index contributed by atoms with van der Waals surface area (Å²) < 4.78 is 0. The minimum Gasteiger partial charge on any atom is -0.310 e. The van der Waals surface area contributed by atoms with Crippen molar-refractivity contribution in [1.82, 2.24) is 10.2 Å². The van der Waals surface area contributed by atoms with Crippen molar-refractivity contribution in [3.8, 4) is 0 Å². The van der Waals surface area contributed by atoms with E-state index in [1.54, 1.807) is 0 Å². The zero-order valence-corrected chi connectivity index (χ0v) is 13.6. The number of thioether (sulfide) groups is 1. The van der Waals surface area contributed by atoms with E-state index in [1.807, 2.05) is 11.8 Å². The van der Waals surface area contributed by atoms with Crippen LogP contribution in [0.1, 0.15) is 39.3 Å². The van der Waals surface area contributed by atoms with Gasteiger partial charge in [-0.15, -0.1) is 11.8 Å². The van der Waals surface area contributed by atoms with Crippen LogP contribution >= 0.6 is 11.8 Å². The van der Waals surface area contributed by atoms with Crippen LogP contribution in [0.3, 0.4) is 0 Å². The van der Waals surface area contributed by atoms with Crippen LogP contribution in [-0.4, -0.2) is 36.8 Å². The summed E-state index contributed by atoms with van der Waals surface area (Å²) in [5.41, 5.74) is 1.42. The summed E-state index contributed by atoms with van der Waals surface area (Å²) in [6.45, 7) is 13.3. The Morgan fingerprint density at radius 2 is 1.84 bits per heavy atom. The van der Waals surface area contributed by atoms with Crippen LogP contribution in [0.15, 0.2) is 29.2 Å². The van der Waals surface area contributed by atoms with Gasteiger partial charge in [-0.3, -0.25) is 0 Å². The van der Waals surface area contributed by atoms with Crippen molar-refractivity contribution in [3.05, 3.63) is 29.8 Å². The lowest BCUT2D eigenvalue weighted by Gasteiger charge is -2.19. The lowest BCUT2D eigenvalue weighted by molar-refractivity contribution is 0.324. The van der Waals surface area contributed by atoms with Crippen molar-refractivity contribution in [2.24, 2.45) is 0 Å². The second-order valence-corrected chi connectivity index (χ2v) is 5.83. The summed E-state index contributed by atoms with van der Waals surface area (Å²) in [7, 11) is 0. The number of nitrogens with one attached hydrogen (secondary N) is 1. The molecule has 0 bridgehead atoms. The number of hydrogen-bond donors (Lipinski definition) is 1. The molecule has 1 aromatic rings. The maximum atomic E-state index is 3.50. The van der Waals surface area contributed by atoms with Crippen LogP contribution in [0.2, 0.25) is 0 Å². The molecule has 2 nitrogen and oxygen atoms in total. The molecule has 0 heterocycles. The molecule has 0 radical (unpaired) electrons. The van der Waals surface area contributed by atoms with Gasteiger partial charge in [-0.05, 0) is 38.2 Å². The Morgan fingerprint density at radius 3 is 2.47 bits per heavy atom. The number of nitrogens with zero attached hydrogens (tertiary/aromatic N) is 1. The van der Waals surface area contributed by atoms with Crippen molar-refractivity contribution in [1.29, 1.82) is 0 Å². The van der Waals surface area contributed by atoms with E-state index in [-0.39, 0.29) is 0 Å². The van der Waals surface area contributed by atoms with Gasteiger partial charge in [0.05, 0.1) is 0 Å². The minimum absolute atomic E-state index is 0.433. The molecule has 1 rings (SSSR count). The maximum Gasteiger partial charge on any atom is 0.0302 e. The van der Waals surface area contributed by atoms with Crippen molar-refractivity contribution < 1.29 is 0 Å². The molecule has 0 aliphatic carbocycles. The molecular formula is C16H28N2S. The first-order chi connectivity index (χ1) is 9.22. The molecule has 0 saturated carbocycles. The van der Waals surface area contributed by atoms with E-state index in [2.05, 4.69) is 62.2 Å². The summed E-state index contributed by atoms with van der Waals surface area (Å²) in [4.78, 5) is 3.90. The van der Waals surface area contributed by atoms with E-state index in [9.17, 15) is 0 Å². The van der Waals surface area contributed by atoms with Crippen LogP contribution in [0.25, 0.3) is 0 Å². The quantitative estimate of drug-likeness (QED) is 0.693. The normalized spacial score (nSPS) is 12.9. The van der Waals surface area contributed by atoms with Crippen molar-refractivity contribution in [2.75, 3.05) is 31.9 Å². The zero-order chi connectivity index (χ0) is 14.1. The largest absolute Gasteiger partial charge is 0.310 e. The fraction of sp³-hybridized carbons (Fsp3) is 0.625. The van der Waals surface area contributed by atoms with Crippen LogP contribution in [0.5, 0.6) is 0 Å². The average Bonchev–Trinajstić information content (AvgIpc) is 2.44. The van der Waals surface area contributed by atoms with Gasteiger partial charge in [0.25, 0.3) is 0 Å². The van der Waals surface area contributed by atoms with E-state index in [4.69, 9.17) is 0 Å². The van der Waals surface area contributed by atoms with E-state index in [0.29, 0.717) is 6.04 Å². The van der Waals surface area contributed by atoms with E-state index < -0.39 is 0 Å². The zero-order valence-electron chi connectivity index (χ0n) is 12.8. The second kappa shape index (κ2) is 9.40. The van der Waals surface area contributed by atoms with Gasteiger partial charge < -0.3 is 10.2 Å². The topological polar surface area (TPSA) is 15.3 Å². The Morgan fingerprint density at radius 1 is 1.16 bits per heavy atom. The molecule has 1 atom stereocenters. The SMILES string of the molecule is CCNC(C)c1ccccc1SCCN(CC)CC. The highest BCUT2D eigenvalue weighted by Gasteiger charge is 2.09. The summed E-state index contributed by atoms with van der Waals surface area (Å²) in [5.74, 6) is 1.16. The summed E-state index contributed by atoms with van der Waals surface area (Å²) in [6, 6.07) is 9.20. The molecule has 0 amide bonds. The van der Waals surface area contributed by atoms with E-state index in [0.717, 1.165) is 25.4 Å². The predicted octanol–water partition coefficient (Wildman–Crippen LogP) is 3.79. The van der Waals surface area contributed by atoms with Crippen LogP contribution in [-0.2, 0) is 0 Å². The average molecular weight is 280 g/mol. The Bertz CT molecular complexity index is 350. The smallest absolute Gasteiger partial charge is 0.0302 e. The van der Waals surface area contributed by atoms with Gasteiger partial charge in [0.2, 0.25) is 0 Å². The van der Waals surface area contributed by atoms with Crippen molar-refractivity contribution in [2.45, 2.75) is 38.6 Å². The molecule has 0 fully saturated rings. The van der Waals surface area contributed by atoms with Gasteiger partial charge in [0, 0.05) is 23.2 Å². The van der Waals surface area contributed by atoms with Gasteiger partial charge in [0.15, 0.2) is 0 Å². The standard InChI is InChI=1S/C16H28N2S/c1-5-17-14(4)15-10-8-9-11-16(15)19-13-12-18(6-2)7-3/h8-11,14,17H,5-7,12-13H2,1-4H3. The van der Waals surface area contributed by atoms with Gasteiger partial charge in [-0.1, -0.05) is 39.0 Å². The highest BCUT2D eigenvalue weighted by atomic mass is 32.2. The molecule has 108 valence electrons. The fourth-order valence-corrected chi connectivity index (χ4v) is 3.37. The Kier molecular flexibility index (Phi) is 8.19. The highest BCUT2D eigenvalue weighted by Crippen LogP contribution is 2.27. The molecule has 1 unspecified atom stereocenters. The number of benzene rings is 1. The third-order valence-electron chi connectivity index (χ3n) is 3.46. The molecular weight excluding hydrogens is 252 g/mol. The highest BCUT2D eigenvalue weighted by molar-refractivity contribution is 7.99. The molecule has 0 aromatic heterocycles. The summed E-state index contributed by atoms with van der Waals surface area (Å²) in [6.07, 6.45) is 0. The summed E-state index contributed by atoms with van der Waals surface area (Å²) in [5, 5.41) is 3.50. The monoisotopic (exact) mass is 280 g/mol. The number of rotatable bonds is 9. The first-order valence-corrected chi connectivity index (χ1v) is 8.38. The predicted molar refractivity (Wildman–Crippen MR) is 87.0 cm³/mol. The molecule has 19 heavy (non-hydrogen) atoms. The third kappa shape index (κ3) is 5.55. The first kappa shape index (κ1) is 16.5. The number of hydrogen-bond acceptors (Lipinski definition) is 3. The van der Waals surface area contributed by atoms with Crippen LogP contribution in [0.4, 0.5) is 0 Å². The molecule has 0 saturated heterocycles. The van der Waals surface area contributed by atoms with Crippen LogP contribution < -0.4 is 5.32 Å². The Hall–Kier alpha value is -0.510. The van der Waals surface area contributed by atoms with Gasteiger partial charge >= 0.3 is 0 Å². The van der Waals surface area contributed by atoms with Crippen LogP contribution in [0, 0.1) is 0 Å². The fourth-order valence-electron chi connectivity index (χ4n) is 2.21. The molecule has 0 aliphatic heterocycles. The van der Waals surface area contributed by atoms with Gasteiger partial charge in [-0.25, -0.2) is 0 Å². The molecule has 0 aliphatic rings. The van der Waals surface area contributed by atoms with Gasteiger partial charge in [-0.2, -0.15) is 0 Å². The Labute approximate surface area is 123 Å². The first-order valence-electron chi connectivity index (χ1n) is 7.40. The van der Waals surface area contributed by atoms with E-state index >= 15 is 0 Å². The lowest BCUT2D eigenvalue weighted by Crippen LogP contribution is -2.25. The van der Waals surface area contributed by atoms with Gasteiger partial charge in [0.1, 0.15) is 0 Å². The molecule has 0 spiro atoms. The maximum absolute atomic E-state index is 3.50. The Balaban J connectivity index is 2.57. The molecule has 1 aromatic carbocycles. The van der Waals surface area contributed by atoms with Crippen molar-refractivity contribution >= 4 is 11.8 Å². The second-order valence-electron chi connectivity index (χ2n) is 4.69. The molecule has 1 N–H and O–H groups in total. The summed E-state index contributed by atoms with van der Waals surface area (Å²) >= 11 is 1.98. The minimum atomic E-state index is 0.433. The molecule has 3 heteroatoms.